The molecule has 162 valence electrons. The summed E-state index contributed by atoms with van der Waals surface area (Å²) in [5, 5.41) is 0.775. The topological polar surface area (TPSA) is 77.4 Å². The molecule has 0 aliphatic rings. The maximum atomic E-state index is 12.5. The van der Waals surface area contributed by atoms with Crippen LogP contribution in [0.1, 0.15) is 46.1 Å². The highest BCUT2D eigenvalue weighted by Crippen LogP contribution is 2.24. The lowest BCUT2D eigenvalue weighted by atomic mass is 10.0. The van der Waals surface area contributed by atoms with Crippen LogP contribution in [0.2, 0.25) is 0 Å². The number of aryl methyl sites for hydroxylation is 1. The molecular formula is C19H25F3N2O4S. The number of benzene rings is 1. The molecule has 0 aliphatic heterocycles. The summed E-state index contributed by atoms with van der Waals surface area (Å²) in [4.78, 5) is 12.3. The van der Waals surface area contributed by atoms with Gasteiger partial charge >= 0.3 is 21.6 Å². The van der Waals surface area contributed by atoms with Gasteiger partial charge in [0.1, 0.15) is 5.60 Å². The van der Waals surface area contributed by atoms with Gasteiger partial charge in [0.05, 0.1) is 5.52 Å². The van der Waals surface area contributed by atoms with Gasteiger partial charge in [0.15, 0.2) is 0 Å². The van der Waals surface area contributed by atoms with Gasteiger partial charge in [0.25, 0.3) is 0 Å². The minimum Gasteiger partial charge on any atom is -0.443 e. The first-order valence-corrected chi connectivity index (χ1v) is 10.6. The molecule has 0 aliphatic carbocycles. The number of ether oxygens (including phenoxy) is 1. The Kier molecular flexibility index (Phi) is 6.68. The number of hydrogen-bond donors (Lipinski definition) is 1. The summed E-state index contributed by atoms with van der Waals surface area (Å²) in [5.41, 5.74) is -4.49. The van der Waals surface area contributed by atoms with Crippen molar-refractivity contribution in [3.63, 3.8) is 0 Å². The zero-order valence-corrected chi connectivity index (χ0v) is 17.5. The lowest BCUT2D eigenvalue weighted by Gasteiger charge is -2.20. The average molecular weight is 434 g/mol. The second kappa shape index (κ2) is 8.35. The van der Waals surface area contributed by atoms with Crippen molar-refractivity contribution in [1.29, 1.82) is 0 Å². The first-order chi connectivity index (χ1) is 13.2. The molecule has 10 heteroatoms. The number of rotatable bonds is 6. The number of carbonyl (C=O) groups excluding carboxylic acids is 1. The maximum absolute atomic E-state index is 12.5. The van der Waals surface area contributed by atoms with Crippen LogP contribution in [-0.4, -0.2) is 36.2 Å². The second-order valence-corrected chi connectivity index (χ2v) is 9.48. The van der Waals surface area contributed by atoms with E-state index < -0.39 is 33.3 Å². The molecule has 0 saturated heterocycles. The van der Waals surface area contributed by atoms with Crippen molar-refractivity contribution in [2.75, 3.05) is 0 Å². The number of carbonyl (C=O) groups is 1. The molecule has 2 aromatic rings. The van der Waals surface area contributed by atoms with E-state index in [1.807, 2.05) is 6.07 Å². The largest absolute Gasteiger partial charge is 0.511 e. The summed E-state index contributed by atoms with van der Waals surface area (Å²) in [5.74, 6) is 0. The smallest absolute Gasteiger partial charge is 0.443 e. The lowest BCUT2D eigenvalue weighted by Crippen LogP contribution is -2.42. The fourth-order valence-electron chi connectivity index (χ4n) is 2.79. The third-order valence-electron chi connectivity index (χ3n) is 4.25. The molecule has 0 unspecified atom stereocenters. The van der Waals surface area contributed by atoms with E-state index in [9.17, 15) is 26.4 Å². The van der Waals surface area contributed by atoms with Gasteiger partial charge in [-0.2, -0.15) is 13.2 Å². The highest BCUT2D eigenvalue weighted by molar-refractivity contribution is 7.90. The van der Waals surface area contributed by atoms with E-state index in [1.54, 1.807) is 56.8 Å². The monoisotopic (exact) mass is 434 g/mol. The highest BCUT2D eigenvalue weighted by Gasteiger charge is 2.46. The van der Waals surface area contributed by atoms with Crippen LogP contribution in [0.25, 0.3) is 10.9 Å². The zero-order valence-electron chi connectivity index (χ0n) is 16.7. The normalized spacial score (nSPS) is 14.2. The predicted molar refractivity (Wildman–Crippen MR) is 104 cm³/mol. The number of aromatic nitrogens is 1. The van der Waals surface area contributed by atoms with Crippen molar-refractivity contribution >= 4 is 27.0 Å². The van der Waals surface area contributed by atoms with E-state index in [1.165, 1.54) is 4.57 Å². The SMILES string of the molecule is CC[C@H](CCc1ccc2c(ccn2C(=O)OC(C)(C)C)c1)NS(=O)(=O)C(F)(F)F. The molecule has 0 fully saturated rings. The summed E-state index contributed by atoms with van der Waals surface area (Å²) < 4.78 is 68.7. The van der Waals surface area contributed by atoms with Gasteiger partial charge in [-0.05, 0) is 63.8 Å². The average Bonchev–Trinajstić information content (AvgIpc) is 2.99. The van der Waals surface area contributed by atoms with E-state index >= 15 is 0 Å². The van der Waals surface area contributed by atoms with Crippen molar-refractivity contribution in [2.45, 2.75) is 64.1 Å². The molecule has 1 aromatic carbocycles. The molecule has 1 N–H and O–H groups in total. The van der Waals surface area contributed by atoms with Crippen LogP contribution in [0.5, 0.6) is 0 Å². The molecular weight excluding hydrogens is 409 g/mol. The quantitative estimate of drug-likeness (QED) is 0.722. The molecule has 29 heavy (non-hydrogen) atoms. The summed E-state index contributed by atoms with van der Waals surface area (Å²) >= 11 is 0. The molecule has 2 rings (SSSR count). The molecule has 0 radical (unpaired) electrons. The fraction of sp³-hybridized carbons (Fsp3) is 0.526. The molecule has 0 saturated carbocycles. The van der Waals surface area contributed by atoms with Gasteiger partial charge < -0.3 is 4.74 Å². The summed E-state index contributed by atoms with van der Waals surface area (Å²) in [6, 6.07) is 6.22. The van der Waals surface area contributed by atoms with E-state index in [2.05, 4.69) is 0 Å². The predicted octanol–water partition coefficient (Wildman–Crippen LogP) is 4.57. The number of nitrogens with one attached hydrogen (secondary N) is 1. The Bertz CT molecular complexity index is 975. The van der Waals surface area contributed by atoms with E-state index in [4.69, 9.17) is 4.74 Å². The third-order valence-corrected chi connectivity index (χ3v) is 5.50. The number of nitrogens with zero attached hydrogens (tertiary/aromatic N) is 1. The van der Waals surface area contributed by atoms with Gasteiger partial charge in [0.2, 0.25) is 0 Å². The van der Waals surface area contributed by atoms with Gasteiger partial charge in [-0.3, -0.25) is 4.57 Å². The summed E-state index contributed by atoms with van der Waals surface area (Å²) in [6.07, 6.45) is 1.91. The van der Waals surface area contributed by atoms with Crippen LogP contribution in [0.3, 0.4) is 0 Å². The lowest BCUT2D eigenvalue weighted by molar-refractivity contribution is -0.0451. The highest BCUT2D eigenvalue weighted by atomic mass is 32.2. The van der Waals surface area contributed by atoms with E-state index in [-0.39, 0.29) is 12.8 Å². The van der Waals surface area contributed by atoms with Crippen molar-refractivity contribution < 1.29 is 31.1 Å². The van der Waals surface area contributed by atoms with Crippen LogP contribution in [0, 0.1) is 0 Å². The Balaban J connectivity index is 2.11. The molecule has 1 heterocycles. The van der Waals surface area contributed by atoms with Gasteiger partial charge in [-0.25, -0.2) is 17.9 Å². The number of alkyl halides is 3. The summed E-state index contributed by atoms with van der Waals surface area (Å²) in [7, 11) is -5.37. The second-order valence-electron chi connectivity index (χ2n) is 7.77. The van der Waals surface area contributed by atoms with Crippen molar-refractivity contribution in [3.05, 3.63) is 36.0 Å². The Labute approximate surface area is 168 Å². The minimum atomic E-state index is -5.37. The van der Waals surface area contributed by atoms with Crippen LogP contribution in [-0.2, 0) is 21.2 Å². The Morgan fingerprint density at radius 1 is 1.21 bits per heavy atom. The molecule has 6 nitrogen and oxygen atoms in total. The number of fused-ring (bicyclic) bond motifs is 1. The molecule has 0 bridgehead atoms. The first-order valence-electron chi connectivity index (χ1n) is 9.15. The van der Waals surface area contributed by atoms with Crippen molar-refractivity contribution in [1.82, 2.24) is 9.29 Å². The van der Waals surface area contributed by atoms with E-state index in [0.717, 1.165) is 10.9 Å². The van der Waals surface area contributed by atoms with E-state index in [0.29, 0.717) is 11.9 Å². The maximum Gasteiger partial charge on any atom is 0.511 e. The van der Waals surface area contributed by atoms with Crippen LogP contribution in [0.15, 0.2) is 30.5 Å². The van der Waals surface area contributed by atoms with Crippen molar-refractivity contribution in [2.24, 2.45) is 0 Å². The van der Waals surface area contributed by atoms with Gasteiger partial charge in [-0.15, -0.1) is 0 Å². The molecule has 1 aromatic heterocycles. The molecule has 0 amide bonds. The van der Waals surface area contributed by atoms with Gasteiger partial charge in [-0.1, -0.05) is 13.0 Å². The van der Waals surface area contributed by atoms with Crippen LogP contribution >= 0.6 is 0 Å². The Morgan fingerprint density at radius 2 is 1.86 bits per heavy atom. The van der Waals surface area contributed by atoms with Gasteiger partial charge in [0, 0.05) is 17.6 Å². The molecule has 0 spiro atoms. The number of sulfonamides is 1. The number of halogens is 3. The Morgan fingerprint density at radius 3 is 2.41 bits per heavy atom. The number of hydrogen-bond acceptors (Lipinski definition) is 4. The zero-order chi connectivity index (χ0) is 22.0. The van der Waals surface area contributed by atoms with Crippen LogP contribution < -0.4 is 4.72 Å². The van der Waals surface area contributed by atoms with Crippen molar-refractivity contribution in [3.8, 4) is 0 Å². The first kappa shape index (κ1) is 23.2. The third kappa shape index (κ3) is 5.96. The standard InChI is InChI=1S/C19H25F3N2O4S/c1-5-15(23-29(26,27)19(20,21)22)8-6-13-7-9-16-14(12-13)10-11-24(16)17(25)28-18(2,3)4/h7,9-12,15,23H,5-6,8H2,1-4H3/t15-/m1/s1. The summed E-state index contributed by atoms with van der Waals surface area (Å²) in [6.45, 7) is 6.93. The van der Waals surface area contributed by atoms with Crippen LogP contribution in [0.4, 0.5) is 18.0 Å². The Hall–Kier alpha value is -2.07. The molecule has 1 atom stereocenters. The fourth-order valence-corrected chi connectivity index (χ4v) is 3.65. The minimum absolute atomic E-state index is 0.212.